The van der Waals surface area contributed by atoms with Crippen molar-refractivity contribution in [3.63, 3.8) is 0 Å². The van der Waals surface area contributed by atoms with Crippen LogP contribution in [0.2, 0.25) is 0 Å². The molecule has 0 amide bonds. The third kappa shape index (κ3) is 3.23. The standard InChI is InChI=1S/C13H10N2OS2.C2H6/c1-16-10-6-4-9(5-7-10)12-14-15-13(18-12)11-3-2-8-17-11;1-2/h2-8H,1H3;1-2H3. The van der Waals surface area contributed by atoms with Crippen LogP contribution >= 0.6 is 22.7 Å². The highest BCUT2D eigenvalue weighted by molar-refractivity contribution is 7.22. The van der Waals surface area contributed by atoms with Crippen molar-refractivity contribution < 1.29 is 4.74 Å². The molecule has 0 aliphatic rings. The van der Waals surface area contributed by atoms with Crippen molar-refractivity contribution >= 4 is 22.7 Å². The Morgan fingerprint density at radius 1 is 0.950 bits per heavy atom. The fourth-order valence-corrected chi connectivity index (χ4v) is 3.21. The van der Waals surface area contributed by atoms with Crippen LogP contribution in [-0.4, -0.2) is 17.3 Å². The summed E-state index contributed by atoms with van der Waals surface area (Å²) in [5.74, 6) is 0.849. The van der Waals surface area contributed by atoms with Gasteiger partial charge in [-0.1, -0.05) is 31.3 Å². The van der Waals surface area contributed by atoms with Crippen molar-refractivity contribution in [1.82, 2.24) is 10.2 Å². The summed E-state index contributed by atoms with van der Waals surface area (Å²) in [6, 6.07) is 11.9. The fraction of sp³-hybridized carbons (Fsp3) is 0.200. The van der Waals surface area contributed by atoms with E-state index in [2.05, 4.69) is 16.3 Å². The molecule has 104 valence electrons. The van der Waals surface area contributed by atoms with Crippen LogP contribution in [0.3, 0.4) is 0 Å². The number of aromatic nitrogens is 2. The number of rotatable bonds is 3. The van der Waals surface area contributed by atoms with Crippen LogP contribution in [0.5, 0.6) is 5.75 Å². The predicted octanol–water partition coefficient (Wildman–Crippen LogP) is 4.97. The smallest absolute Gasteiger partial charge is 0.158 e. The van der Waals surface area contributed by atoms with Gasteiger partial charge in [0.15, 0.2) is 5.01 Å². The second-order valence-electron chi connectivity index (χ2n) is 3.62. The quantitative estimate of drug-likeness (QED) is 0.685. The maximum absolute atomic E-state index is 5.14. The highest BCUT2D eigenvalue weighted by Gasteiger charge is 2.09. The number of benzene rings is 1. The molecular formula is C15H16N2OS2. The van der Waals surface area contributed by atoms with Gasteiger partial charge >= 0.3 is 0 Å². The molecule has 0 saturated heterocycles. The van der Waals surface area contributed by atoms with E-state index in [-0.39, 0.29) is 0 Å². The normalized spacial score (nSPS) is 9.75. The van der Waals surface area contributed by atoms with Gasteiger partial charge in [-0.3, -0.25) is 0 Å². The number of nitrogens with zero attached hydrogens (tertiary/aromatic N) is 2. The average Bonchev–Trinajstić information content (AvgIpc) is 3.20. The molecule has 0 saturated carbocycles. The molecule has 0 radical (unpaired) electrons. The number of thiophene rings is 1. The molecule has 3 rings (SSSR count). The van der Waals surface area contributed by atoms with E-state index in [9.17, 15) is 0 Å². The summed E-state index contributed by atoms with van der Waals surface area (Å²) in [6.45, 7) is 4.00. The van der Waals surface area contributed by atoms with E-state index in [4.69, 9.17) is 4.74 Å². The zero-order chi connectivity index (χ0) is 14.4. The molecule has 3 aromatic rings. The first-order valence-corrected chi connectivity index (χ1v) is 8.08. The summed E-state index contributed by atoms with van der Waals surface area (Å²) >= 11 is 3.28. The van der Waals surface area contributed by atoms with Crippen LogP contribution in [0.25, 0.3) is 20.5 Å². The van der Waals surface area contributed by atoms with Crippen molar-refractivity contribution in [2.45, 2.75) is 13.8 Å². The van der Waals surface area contributed by atoms with Gasteiger partial charge in [0.25, 0.3) is 0 Å². The molecule has 20 heavy (non-hydrogen) atoms. The fourth-order valence-electron chi connectivity index (χ4n) is 1.57. The molecule has 0 spiro atoms. The number of ether oxygens (including phenoxy) is 1. The lowest BCUT2D eigenvalue weighted by Crippen LogP contribution is -1.82. The van der Waals surface area contributed by atoms with Gasteiger partial charge in [0.1, 0.15) is 10.8 Å². The van der Waals surface area contributed by atoms with Gasteiger partial charge in [-0.05, 0) is 35.7 Å². The third-order valence-electron chi connectivity index (χ3n) is 2.49. The van der Waals surface area contributed by atoms with E-state index in [0.717, 1.165) is 26.2 Å². The second kappa shape index (κ2) is 7.17. The first-order chi connectivity index (χ1) is 9.86. The third-order valence-corrected chi connectivity index (χ3v) is 4.51. The molecule has 0 aliphatic carbocycles. The molecule has 3 nitrogen and oxygen atoms in total. The summed E-state index contributed by atoms with van der Waals surface area (Å²) in [5, 5.41) is 12.4. The first kappa shape index (κ1) is 14.7. The number of methoxy groups -OCH3 is 1. The largest absolute Gasteiger partial charge is 0.497 e. The van der Waals surface area contributed by atoms with Crippen LogP contribution in [0.1, 0.15) is 13.8 Å². The van der Waals surface area contributed by atoms with Crippen molar-refractivity contribution in [2.75, 3.05) is 7.11 Å². The van der Waals surface area contributed by atoms with Crippen LogP contribution < -0.4 is 4.74 Å². The first-order valence-electron chi connectivity index (χ1n) is 6.38. The minimum absolute atomic E-state index is 0.849. The molecule has 2 aromatic heterocycles. The Bertz CT molecular complexity index is 630. The number of hydrogen-bond acceptors (Lipinski definition) is 5. The van der Waals surface area contributed by atoms with E-state index in [1.807, 2.05) is 49.6 Å². The van der Waals surface area contributed by atoms with Gasteiger partial charge in [0.2, 0.25) is 0 Å². The Kier molecular flexibility index (Phi) is 5.26. The molecule has 1 aromatic carbocycles. The van der Waals surface area contributed by atoms with Gasteiger partial charge in [-0.25, -0.2) is 0 Å². The topological polar surface area (TPSA) is 35.0 Å². The zero-order valence-corrected chi connectivity index (χ0v) is 13.3. The minimum atomic E-state index is 0.849. The van der Waals surface area contributed by atoms with Crippen LogP contribution in [0.15, 0.2) is 41.8 Å². The molecule has 0 bridgehead atoms. The lowest BCUT2D eigenvalue weighted by molar-refractivity contribution is 0.415. The Balaban J connectivity index is 0.000000704. The molecule has 0 unspecified atom stereocenters. The molecule has 0 N–H and O–H groups in total. The molecular weight excluding hydrogens is 288 g/mol. The Hall–Kier alpha value is -1.72. The van der Waals surface area contributed by atoms with Gasteiger partial charge in [0.05, 0.1) is 12.0 Å². The average molecular weight is 304 g/mol. The number of hydrogen-bond donors (Lipinski definition) is 0. The van der Waals surface area contributed by atoms with Crippen LogP contribution in [0.4, 0.5) is 0 Å². The molecule has 0 aliphatic heterocycles. The minimum Gasteiger partial charge on any atom is -0.497 e. The van der Waals surface area contributed by atoms with E-state index < -0.39 is 0 Å². The molecule has 5 heteroatoms. The molecule has 0 atom stereocenters. The maximum Gasteiger partial charge on any atom is 0.158 e. The van der Waals surface area contributed by atoms with E-state index in [1.165, 1.54) is 0 Å². The second-order valence-corrected chi connectivity index (χ2v) is 5.54. The van der Waals surface area contributed by atoms with Crippen molar-refractivity contribution in [3.05, 3.63) is 41.8 Å². The van der Waals surface area contributed by atoms with E-state index in [1.54, 1.807) is 29.8 Å². The Labute approximate surface area is 126 Å². The molecule has 0 fully saturated rings. The Morgan fingerprint density at radius 3 is 2.25 bits per heavy atom. The van der Waals surface area contributed by atoms with Gasteiger partial charge in [-0.2, -0.15) is 0 Å². The van der Waals surface area contributed by atoms with Crippen LogP contribution in [0, 0.1) is 0 Å². The molecule has 2 heterocycles. The highest BCUT2D eigenvalue weighted by atomic mass is 32.1. The zero-order valence-electron chi connectivity index (χ0n) is 11.7. The SMILES string of the molecule is CC.COc1ccc(-c2nnc(-c3cccs3)s2)cc1. The summed E-state index contributed by atoms with van der Waals surface area (Å²) in [4.78, 5) is 1.16. The van der Waals surface area contributed by atoms with E-state index in [0.29, 0.717) is 0 Å². The van der Waals surface area contributed by atoms with E-state index >= 15 is 0 Å². The summed E-state index contributed by atoms with van der Waals surface area (Å²) in [6.07, 6.45) is 0. The van der Waals surface area contributed by atoms with Crippen molar-refractivity contribution in [3.8, 4) is 26.2 Å². The summed E-state index contributed by atoms with van der Waals surface area (Å²) in [5.41, 5.74) is 1.07. The van der Waals surface area contributed by atoms with Crippen molar-refractivity contribution in [2.24, 2.45) is 0 Å². The summed E-state index contributed by atoms with van der Waals surface area (Å²) < 4.78 is 5.14. The highest BCUT2D eigenvalue weighted by Crippen LogP contribution is 2.32. The van der Waals surface area contributed by atoms with Crippen molar-refractivity contribution in [1.29, 1.82) is 0 Å². The lowest BCUT2D eigenvalue weighted by Gasteiger charge is -1.99. The maximum atomic E-state index is 5.14. The van der Waals surface area contributed by atoms with Gasteiger partial charge < -0.3 is 4.74 Å². The lowest BCUT2D eigenvalue weighted by atomic mass is 10.2. The van der Waals surface area contributed by atoms with Gasteiger partial charge in [0, 0.05) is 5.56 Å². The Morgan fingerprint density at radius 2 is 1.65 bits per heavy atom. The monoisotopic (exact) mass is 304 g/mol. The predicted molar refractivity (Wildman–Crippen MR) is 86.6 cm³/mol. The van der Waals surface area contributed by atoms with Gasteiger partial charge in [-0.15, -0.1) is 21.5 Å². The van der Waals surface area contributed by atoms with Crippen LogP contribution in [-0.2, 0) is 0 Å². The summed E-state index contributed by atoms with van der Waals surface area (Å²) in [7, 11) is 1.66.